The van der Waals surface area contributed by atoms with Crippen LogP contribution in [0.1, 0.15) is 71.1 Å². The van der Waals surface area contributed by atoms with Crippen LogP contribution in [0.3, 0.4) is 0 Å². The number of hydrogen-bond donors (Lipinski definition) is 0. The van der Waals surface area contributed by atoms with Gasteiger partial charge in [-0.05, 0) is 38.0 Å². The zero-order valence-corrected chi connectivity index (χ0v) is 13.4. The van der Waals surface area contributed by atoms with Gasteiger partial charge in [-0.25, -0.2) is 0 Å². The fraction of sp³-hybridized carbons (Fsp3) is 0.778. The Morgan fingerprint density at radius 2 is 2.09 bits per heavy atom. The summed E-state index contributed by atoms with van der Waals surface area (Å²) in [5.41, 5.74) is -0.289. The first kappa shape index (κ1) is 16.9. The van der Waals surface area contributed by atoms with Gasteiger partial charge in [-0.15, -0.1) is 0 Å². The van der Waals surface area contributed by atoms with E-state index in [2.05, 4.69) is 6.92 Å². The monoisotopic (exact) mass is 303 g/mol. The fourth-order valence-electron chi connectivity index (χ4n) is 4.49. The number of carbonyl (C=O) groups is 3. The third kappa shape index (κ3) is 3.14. The molecule has 0 aromatic carbocycles. The number of rotatable bonds is 7. The van der Waals surface area contributed by atoms with Crippen molar-refractivity contribution in [1.82, 2.24) is 0 Å². The van der Waals surface area contributed by atoms with Crippen LogP contribution in [0.2, 0.25) is 0 Å². The Morgan fingerprint density at radius 3 is 2.77 bits per heavy atom. The van der Waals surface area contributed by atoms with E-state index in [1.165, 1.54) is 0 Å². The van der Waals surface area contributed by atoms with E-state index in [1.54, 1.807) is 0 Å². The molecule has 3 atom stereocenters. The second-order valence-corrected chi connectivity index (χ2v) is 6.74. The van der Waals surface area contributed by atoms with Crippen LogP contribution in [-0.2, 0) is 14.4 Å². The summed E-state index contributed by atoms with van der Waals surface area (Å²) in [5.74, 6) is 0.754. The second kappa shape index (κ2) is 7.17. The Morgan fingerprint density at radius 1 is 1.32 bits per heavy atom. The van der Waals surface area contributed by atoms with Gasteiger partial charge in [-0.3, -0.25) is 14.4 Å². The van der Waals surface area contributed by atoms with Crippen molar-refractivity contribution in [3.8, 4) is 6.07 Å². The van der Waals surface area contributed by atoms with E-state index >= 15 is 0 Å². The molecule has 0 saturated heterocycles. The van der Waals surface area contributed by atoms with Crippen molar-refractivity contribution < 1.29 is 14.4 Å². The number of nitrogens with zero attached hydrogens (tertiary/aromatic N) is 1. The summed E-state index contributed by atoms with van der Waals surface area (Å²) in [6.45, 7) is 2.05. The highest BCUT2D eigenvalue weighted by Crippen LogP contribution is 2.54. The Hall–Kier alpha value is -1.50. The SMILES string of the molecule is CC[C@]12CCC(=O)C(CCC(=O)CCCC#N)[C@@H]1CCC2=O. The van der Waals surface area contributed by atoms with Gasteiger partial charge in [0.1, 0.15) is 17.3 Å². The third-order valence-electron chi connectivity index (χ3n) is 5.77. The molecule has 4 nitrogen and oxygen atoms in total. The second-order valence-electron chi connectivity index (χ2n) is 6.74. The summed E-state index contributed by atoms with van der Waals surface area (Å²) in [7, 11) is 0. The van der Waals surface area contributed by atoms with Crippen LogP contribution in [0, 0.1) is 28.6 Å². The number of hydrogen-bond acceptors (Lipinski definition) is 4. The molecule has 2 aliphatic rings. The maximum absolute atomic E-state index is 12.3. The molecular formula is C18H25NO3. The highest BCUT2D eigenvalue weighted by molar-refractivity contribution is 5.92. The molecular weight excluding hydrogens is 278 g/mol. The van der Waals surface area contributed by atoms with E-state index in [0.717, 1.165) is 12.8 Å². The Kier molecular flexibility index (Phi) is 5.50. The average molecular weight is 303 g/mol. The predicted molar refractivity (Wildman–Crippen MR) is 81.9 cm³/mol. The lowest BCUT2D eigenvalue weighted by Crippen LogP contribution is -2.43. The minimum Gasteiger partial charge on any atom is -0.300 e. The Labute approximate surface area is 132 Å². The van der Waals surface area contributed by atoms with Crippen LogP contribution in [-0.4, -0.2) is 17.3 Å². The van der Waals surface area contributed by atoms with Crippen molar-refractivity contribution in [3.05, 3.63) is 0 Å². The summed E-state index contributed by atoms with van der Waals surface area (Å²) in [4.78, 5) is 36.5. The van der Waals surface area contributed by atoms with Crippen LogP contribution in [0.15, 0.2) is 0 Å². The first-order valence-electron chi connectivity index (χ1n) is 8.50. The highest BCUT2D eigenvalue weighted by Gasteiger charge is 2.54. The molecule has 0 aliphatic heterocycles. The number of fused-ring (bicyclic) bond motifs is 1. The number of carbonyl (C=O) groups excluding carboxylic acids is 3. The number of ketones is 3. The molecule has 0 radical (unpaired) electrons. The van der Waals surface area contributed by atoms with Crippen LogP contribution in [0.4, 0.5) is 0 Å². The molecule has 120 valence electrons. The van der Waals surface area contributed by atoms with Crippen molar-refractivity contribution in [3.63, 3.8) is 0 Å². The van der Waals surface area contributed by atoms with Crippen molar-refractivity contribution >= 4 is 17.3 Å². The van der Waals surface area contributed by atoms with E-state index in [-0.39, 0.29) is 28.8 Å². The summed E-state index contributed by atoms with van der Waals surface area (Å²) >= 11 is 0. The summed E-state index contributed by atoms with van der Waals surface area (Å²) in [6.07, 6.45) is 5.86. The molecule has 1 unspecified atom stereocenters. The molecule has 2 saturated carbocycles. The third-order valence-corrected chi connectivity index (χ3v) is 5.77. The summed E-state index contributed by atoms with van der Waals surface area (Å²) in [5, 5.41) is 8.49. The molecule has 0 N–H and O–H groups in total. The summed E-state index contributed by atoms with van der Waals surface area (Å²) in [6, 6.07) is 2.04. The number of Topliss-reactive ketones (excluding diaryl/α,β-unsaturated/α-hetero) is 3. The number of nitriles is 1. The van der Waals surface area contributed by atoms with E-state index in [4.69, 9.17) is 5.26 Å². The molecule has 2 rings (SSSR count). The van der Waals surface area contributed by atoms with Crippen molar-refractivity contribution in [2.45, 2.75) is 71.1 Å². The molecule has 22 heavy (non-hydrogen) atoms. The highest BCUT2D eigenvalue weighted by atomic mass is 16.1. The minimum atomic E-state index is -0.289. The van der Waals surface area contributed by atoms with Gasteiger partial charge < -0.3 is 0 Å². The molecule has 0 spiro atoms. The molecule has 0 bridgehead atoms. The number of unbranched alkanes of at least 4 members (excludes halogenated alkanes) is 1. The van der Waals surface area contributed by atoms with Crippen LogP contribution >= 0.6 is 0 Å². The molecule has 2 aliphatic carbocycles. The standard InChI is InChI=1S/C18H25NO3/c1-2-18-11-10-16(21)14(15(18)8-9-17(18)22)7-6-13(20)5-3-4-12-19/h14-15H,2-11H2,1H3/t14?,15-,18-/m0/s1. The van der Waals surface area contributed by atoms with Gasteiger partial charge in [0.15, 0.2) is 0 Å². The van der Waals surface area contributed by atoms with Crippen molar-refractivity contribution in [2.75, 3.05) is 0 Å². The van der Waals surface area contributed by atoms with E-state index in [0.29, 0.717) is 57.1 Å². The lowest BCUT2D eigenvalue weighted by Gasteiger charge is -2.41. The maximum atomic E-state index is 12.3. The maximum Gasteiger partial charge on any atom is 0.139 e. The van der Waals surface area contributed by atoms with Gasteiger partial charge in [0, 0.05) is 43.4 Å². The normalized spacial score (nSPS) is 30.9. The zero-order chi connectivity index (χ0) is 16.2. The molecule has 4 heteroatoms. The van der Waals surface area contributed by atoms with Crippen molar-refractivity contribution in [1.29, 1.82) is 5.26 Å². The van der Waals surface area contributed by atoms with Gasteiger partial charge in [0.2, 0.25) is 0 Å². The van der Waals surface area contributed by atoms with Gasteiger partial charge in [0.25, 0.3) is 0 Å². The first-order valence-corrected chi connectivity index (χ1v) is 8.50. The Bertz CT molecular complexity index is 505. The summed E-state index contributed by atoms with van der Waals surface area (Å²) < 4.78 is 0. The van der Waals surface area contributed by atoms with Gasteiger partial charge in [-0.1, -0.05) is 6.92 Å². The van der Waals surface area contributed by atoms with Crippen molar-refractivity contribution in [2.24, 2.45) is 17.3 Å². The van der Waals surface area contributed by atoms with Crippen LogP contribution < -0.4 is 0 Å². The Balaban J connectivity index is 1.97. The van der Waals surface area contributed by atoms with Crippen LogP contribution in [0.25, 0.3) is 0 Å². The molecule has 2 fully saturated rings. The average Bonchev–Trinajstić information content (AvgIpc) is 2.84. The van der Waals surface area contributed by atoms with Gasteiger partial charge in [-0.2, -0.15) is 5.26 Å². The van der Waals surface area contributed by atoms with E-state index < -0.39 is 0 Å². The lowest BCUT2D eigenvalue weighted by molar-refractivity contribution is -0.138. The largest absolute Gasteiger partial charge is 0.300 e. The van der Waals surface area contributed by atoms with Crippen LogP contribution in [0.5, 0.6) is 0 Å². The quantitative estimate of drug-likeness (QED) is 0.676. The fourth-order valence-corrected chi connectivity index (χ4v) is 4.49. The predicted octanol–water partition coefficient (Wildman–Crippen LogP) is 3.38. The zero-order valence-electron chi connectivity index (χ0n) is 13.4. The topological polar surface area (TPSA) is 75.0 Å². The molecule has 0 aromatic heterocycles. The smallest absolute Gasteiger partial charge is 0.139 e. The molecule has 0 heterocycles. The first-order chi connectivity index (χ1) is 10.5. The van der Waals surface area contributed by atoms with Gasteiger partial charge in [0.05, 0.1) is 6.07 Å². The minimum absolute atomic E-state index is 0.111. The lowest BCUT2D eigenvalue weighted by atomic mass is 9.60. The van der Waals surface area contributed by atoms with E-state index in [9.17, 15) is 14.4 Å². The van der Waals surface area contributed by atoms with Gasteiger partial charge >= 0.3 is 0 Å². The molecule has 0 aromatic rings. The molecule has 0 amide bonds. The van der Waals surface area contributed by atoms with E-state index in [1.807, 2.05) is 6.07 Å².